The van der Waals surface area contributed by atoms with E-state index in [1.165, 1.54) is 32.1 Å². The molecule has 0 rings (SSSR count). The van der Waals surface area contributed by atoms with E-state index in [2.05, 4.69) is 0 Å². The molecule has 0 saturated heterocycles. The highest BCUT2D eigenvalue weighted by Gasteiger charge is 2.29. The molecule has 0 N–H and O–H groups in total. The molecule has 0 aliphatic rings. The standard InChI is InChI=1S/C19H38O4/c1-16(2)23-18(20)19(3,4)15-13-11-9-7-8-10-12-14-17(21-5)22-6/h16-17H,7-15H2,1-6H3. The largest absolute Gasteiger partial charge is 0.463 e. The first-order chi connectivity index (χ1) is 10.8. The van der Waals surface area contributed by atoms with Crippen LogP contribution in [0.25, 0.3) is 0 Å². The molecule has 23 heavy (non-hydrogen) atoms. The van der Waals surface area contributed by atoms with Gasteiger partial charge in [-0.2, -0.15) is 0 Å². The van der Waals surface area contributed by atoms with Crippen LogP contribution in [0.5, 0.6) is 0 Å². The SMILES string of the molecule is COC(CCCCCCCCCC(C)(C)C(=O)OC(C)C)OC. The molecule has 4 heteroatoms. The van der Waals surface area contributed by atoms with Gasteiger partial charge in [-0.3, -0.25) is 4.79 Å². The highest BCUT2D eigenvalue weighted by atomic mass is 16.7. The Labute approximate surface area is 143 Å². The second kappa shape index (κ2) is 12.8. The third-order valence-corrected chi connectivity index (χ3v) is 4.16. The molecule has 0 fully saturated rings. The van der Waals surface area contributed by atoms with Crippen LogP contribution >= 0.6 is 0 Å². The maximum atomic E-state index is 12.0. The van der Waals surface area contributed by atoms with Gasteiger partial charge in [0, 0.05) is 14.2 Å². The van der Waals surface area contributed by atoms with Crippen LogP contribution < -0.4 is 0 Å². The maximum absolute atomic E-state index is 12.0. The Morgan fingerprint density at radius 1 is 0.870 bits per heavy atom. The van der Waals surface area contributed by atoms with Gasteiger partial charge in [-0.25, -0.2) is 0 Å². The highest BCUT2D eigenvalue weighted by molar-refractivity contribution is 5.75. The molecule has 4 nitrogen and oxygen atoms in total. The molecule has 0 unspecified atom stereocenters. The molecule has 0 atom stereocenters. The normalized spacial score (nSPS) is 12.2. The van der Waals surface area contributed by atoms with Crippen molar-refractivity contribution in [2.75, 3.05) is 14.2 Å². The van der Waals surface area contributed by atoms with Crippen molar-refractivity contribution in [1.82, 2.24) is 0 Å². The van der Waals surface area contributed by atoms with Crippen LogP contribution in [0.1, 0.15) is 85.5 Å². The molecule has 0 amide bonds. The average molecular weight is 331 g/mol. The Bertz CT molecular complexity index is 296. The van der Waals surface area contributed by atoms with Crippen molar-refractivity contribution in [1.29, 1.82) is 0 Å². The number of ether oxygens (including phenoxy) is 3. The third kappa shape index (κ3) is 11.5. The van der Waals surface area contributed by atoms with Gasteiger partial charge in [-0.1, -0.05) is 38.5 Å². The second-order valence-electron chi connectivity index (χ2n) is 7.25. The van der Waals surface area contributed by atoms with Crippen LogP contribution in [0.3, 0.4) is 0 Å². The molecule has 0 bridgehead atoms. The van der Waals surface area contributed by atoms with Crippen LogP contribution in [0.2, 0.25) is 0 Å². The van der Waals surface area contributed by atoms with E-state index >= 15 is 0 Å². The first kappa shape index (κ1) is 22.4. The van der Waals surface area contributed by atoms with Crippen LogP contribution in [0.15, 0.2) is 0 Å². The summed E-state index contributed by atoms with van der Waals surface area (Å²) in [6.45, 7) is 7.77. The summed E-state index contributed by atoms with van der Waals surface area (Å²) < 4.78 is 15.7. The summed E-state index contributed by atoms with van der Waals surface area (Å²) in [4.78, 5) is 12.0. The summed E-state index contributed by atoms with van der Waals surface area (Å²) in [7, 11) is 3.37. The van der Waals surface area contributed by atoms with Crippen LogP contribution in [-0.2, 0) is 19.0 Å². The van der Waals surface area contributed by atoms with E-state index in [1.807, 2.05) is 27.7 Å². The average Bonchev–Trinajstić information content (AvgIpc) is 2.48. The van der Waals surface area contributed by atoms with Gasteiger partial charge in [-0.15, -0.1) is 0 Å². The molecular formula is C19H38O4. The first-order valence-electron chi connectivity index (χ1n) is 9.10. The zero-order valence-corrected chi connectivity index (χ0v) is 16.2. The molecular weight excluding hydrogens is 292 g/mol. The smallest absolute Gasteiger partial charge is 0.311 e. The number of hydrogen-bond acceptors (Lipinski definition) is 4. The molecule has 138 valence electrons. The van der Waals surface area contributed by atoms with E-state index < -0.39 is 0 Å². The van der Waals surface area contributed by atoms with E-state index in [-0.39, 0.29) is 23.8 Å². The van der Waals surface area contributed by atoms with Crippen molar-refractivity contribution < 1.29 is 19.0 Å². The number of hydrogen-bond donors (Lipinski definition) is 0. The number of methoxy groups -OCH3 is 2. The van der Waals surface area contributed by atoms with Crippen LogP contribution in [0.4, 0.5) is 0 Å². The number of carbonyl (C=O) groups is 1. The minimum absolute atomic E-state index is 0.0300. The fourth-order valence-corrected chi connectivity index (χ4v) is 2.57. The lowest BCUT2D eigenvalue weighted by Gasteiger charge is -2.23. The van der Waals surface area contributed by atoms with Crippen LogP contribution in [-0.4, -0.2) is 32.6 Å². The fourth-order valence-electron chi connectivity index (χ4n) is 2.57. The van der Waals surface area contributed by atoms with Gasteiger partial charge in [0.15, 0.2) is 6.29 Å². The molecule has 0 aliphatic carbocycles. The number of rotatable bonds is 14. The lowest BCUT2D eigenvalue weighted by molar-refractivity contribution is -0.158. The molecule has 0 heterocycles. The van der Waals surface area contributed by atoms with E-state index in [9.17, 15) is 4.79 Å². The second-order valence-corrected chi connectivity index (χ2v) is 7.25. The zero-order valence-electron chi connectivity index (χ0n) is 16.2. The first-order valence-corrected chi connectivity index (χ1v) is 9.10. The summed E-state index contributed by atoms with van der Waals surface area (Å²) in [5.74, 6) is -0.0710. The van der Waals surface area contributed by atoms with E-state index in [1.54, 1.807) is 14.2 Å². The zero-order chi connectivity index (χ0) is 17.7. The van der Waals surface area contributed by atoms with E-state index in [4.69, 9.17) is 14.2 Å². The lowest BCUT2D eigenvalue weighted by atomic mass is 9.87. The van der Waals surface area contributed by atoms with Gasteiger partial charge in [0.25, 0.3) is 0 Å². The molecule has 0 saturated carbocycles. The van der Waals surface area contributed by atoms with Gasteiger partial charge < -0.3 is 14.2 Å². The van der Waals surface area contributed by atoms with Crippen molar-refractivity contribution >= 4 is 5.97 Å². The molecule has 0 aromatic rings. The van der Waals surface area contributed by atoms with Gasteiger partial charge in [-0.05, 0) is 47.0 Å². The summed E-state index contributed by atoms with van der Waals surface area (Å²) in [6.07, 6.45) is 10.2. The van der Waals surface area contributed by atoms with Gasteiger partial charge >= 0.3 is 5.97 Å². The highest BCUT2D eigenvalue weighted by Crippen LogP contribution is 2.26. The molecule has 0 radical (unpaired) electrons. The predicted molar refractivity (Wildman–Crippen MR) is 94.4 cm³/mol. The summed E-state index contributed by atoms with van der Waals surface area (Å²) in [6, 6.07) is 0. The van der Waals surface area contributed by atoms with E-state index in [0.717, 1.165) is 25.7 Å². The Morgan fingerprint density at radius 2 is 1.35 bits per heavy atom. The van der Waals surface area contributed by atoms with Crippen molar-refractivity contribution in [2.24, 2.45) is 5.41 Å². The lowest BCUT2D eigenvalue weighted by Crippen LogP contribution is -2.28. The minimum atomic E-state index is -0.362. The molecule has 0 aromatic heterocycles. The number of carbonyl (C=O) groups excluding carboxylic acids is 1. The van der Waals surface area contributed by atoms with Gasteiger partial charge in [0.2, 0.25) is 0 Å². The van der Waals surface area contributed by atoms with Crippen molar-refractivity contribution in [3.05, 3.63) is 0 Å². The summed E-state index contributed by atoms with van der Waals surface area (Å²) in [5, 5.41) is 0. The van der Waals surface area contributed by atoms with Crippen molar-refractivity contribution in [3.8, 4) is 0 Å². The number of unbranched alkanes of at least 4 members (excludes halogenated alkanes) is 6. The monoisotopic (exact) mass is 330 g/mol. The van der Waals surface area contributed by atoms with Crippen LogP contribution in [0, 0.1) is 5.41 Å². The summed E-state index contributed by atoms with van der Waals surface area (Å²) >= 11 is 0. The van der Waals surface area contributed by atoms with Crippen molar-refractivity contribution in [3.63, 3.8) is 0 Å². The van der Waals surface area contributed by atoms with E-state index in [0.29, 0.717) is 0 Å². The molecule has 0 aliphatic heterocycles. The molecule has 0 spiro atoms. The topological polar surface area (TPSA) is 44.8 Å². The Balaban J connectivity index is 3.57. The Hall–Kier alpha value is -0.610. The third-order valence-electron chi connectivity index (χ3n) is 4.16. The summed E-state index contributed by atoms with van der Waals surface area (Å²) in [5.41, 5.74) is -0.362. The Kier molecular flexibility index (Phi) is 12.4. The fraction of sp³-hybridized carbons (Fsp3) is 0.947. The quantitative estimate of drug-likeness (QED) is 0.253. The minimum Gasteiger partial charge on any atom is -0.463 e. The number of esters is 1. The predicted octanol–water partition coefficient (Wildman–Crippen LogP) is 5.09. The van der Waals surface area contributed by atoms with Gasteiger partial charge in [0.1, 0.15) is 0 Å². The van der Waals surface area contributed by atoms with Gasteiger partial charge in [0.05, 0.1) is 11.5 Å². The molecule has 0 aromatic carbocycles. The Morgan fingerprint density at radius 3 is 1.83 bits per heavy atom. The maximum Gasteiger partial charge on any atom is 0.311 e. The van der Waals surface area contributed by atoms with Crippen molar-refractivity contribution in [2.45, 2.75) is 97.9 Å².